The molecule has 1 rings (SSSR count). The molecule has 0 spiro atoms. The molecule has 3 nitrogen and oxygen atoms in total. The van der Waals surface area contributed by atoms with Gasteiger partial charge in [0.05, 0.1) is 17.5 Å². The number of benzene rings is 1. The van der Waals surface area contributed by atoms with Crippen LogP contribution in [0.5, 0.6) is 0 Å². The highest BCUT2D eigenvalue weighted by atomic mass is 35.5. The fraction of sp³-hybridized carbons (Fsp3) is 0.417. The highest BCUT2D eigenvalue weighted by Gasteiger charge is 2.18. The lowest BCUT2D eigenvalue weighted by atomic mass is 9.99. The van der Waals surface area contributed by atoms with Crippen molar-refractivity contribution in [3.05, 3.63) is 34.6 Å². The minimum Gasteiger partial charge on any atom is -0.466 e. The molecule has 0 amide bonds. The van der Waals surface area contributed by atoms with Crippen LogP contribution in [-0.2, 0) is 16.0 Å². The number of hydrogen-bond donors (Lipinski definition) is 1. The summed E-state index contributed by atoms with van der Waals surface area (Å²) in [4.78, 5) is 11.5. The first kappa shape index (κ1) is 13.9. The normalized spacial score (nSPS) is 12.2. The Morgan fingerprint density at radius 2 is 2.29 bits per heavy atom. The van der Waals surface area contributed by atoms with Crippen LogP contribution in [-0.4, -0.2) is 19.1 Å². The van der Waals surface area contributed by atoms with Gasteiger partial charge in [0.15, 0.2) is 0 Å². The second-order valence-electron chi connectivity index (χ2n) is 3.64. The zero-order valence-electron chi connectivity index (χ0n) is 9.58. The Bertz CT molecular complexity index is 398. The zero-order chi connectivity index (χ0) is 12.8. The fourth-order valence-electron chi connectivity index (χ4n) is 1.47. The number of rotatable bonds is 5. The summed E-state index contributed by atoms with van der Waals surface area (Å²) in [5, 5.41) is 0.0436. The van der Waals surface area contributed by atoms with Crippen LogP contribution in [0.15, 0.2) is 18.2 Å². The molecule has 0 aliphatic carbocycles. The summed E-state index contributed by atoms with van der Waals surface area (Å²) >= 11 is 5.66. The Kier molecular flexibility index (Phi) is 5.38. The number of halogens is 2. The first-order valence-corrected chi connectivity index (χ1v) is 5.76. The third-order valence-corrected chi connectivity index (χ3v) is 2.66. The topological polar surface area (TPSA) is 52.3 Å². The average Bonchev–Trinajstić information content (AvgIpc) is 2.30. The van der Waals surface area contributed by atoms with E-state index in [9.17, 15) is 9.18 Å². The summed E-state index contributed by atoms with van der Waals surface area (Å²) in [7, 11) is 0. The fourth-order valence-corrected chi connectivity index (χ4v) is 1.68. The van der Waals surface area contributed by atoms with E-state index in [0.29, 0.717) is 13.0 Å². The molecule has 0 bridgehead atoms. The molecule has 1 aromatic rings. The molecule has 0 aromatic heterocycles. The molecule has 1 aromatic carbocycles. The van der Waals surface area contributed by atoms with Gasteiger partial charge in [-0.3, -0.25) is 4.79 Å². The smallest absolute Gasteiger partial charge is 0.310 e. The molecule has 94 valence electrons. The van der Waals surface area contributed by atoms with Gasteiger partial charge in [-0.1, -0.05) is 17.7 Å². The molecule has 0 fully saturated rings. The molecule has 0 radical (unpaired) electrons. The van der Waals surface area contributed by atoms with Gasteiger partial charge in [0.25, 0.3) is 0 Å². The summed E-state index contributed by atoms with van der Waals surface area (Å²) in [6.07, 6.45) is 0.398. The monoisotopic (exact) mass is 259 g/mol. The van der Waals surface area contributed by atoms with E-state index in [4.69, 9.17) is 22.1 Å². The molecule has 1 unspecified atom stereocenters. The Morgan fingerprint density at radius 3 is 2.82 bits per heavy atom. The molecule has 5 heteroatoms. The number of nitrogens with two attached hydrogens (primary N) is 1. The average molecular weight is 260 g/mol. The van der Waals surface area contributed by atoms with Crippen molar-refractivity contribution in [2.45, 2.75) is 13.3 Å². The molecular weight excluding hydrogens is 245 g/mol. The summed E-state index contributed by atoms with van der Waals surface area (Å²) in [5.41, 5.74) is 6.28. The van der Waals surface area contributed by atoms with Crippen molar-refractivity contribution in [3.63, 3.8) is 0 Å². The number of ether oxygens (including phenoxy) is 1. The summed E-state index contributed by atoms with van der Waals surface area (Å²) in [6, 6.07) is 4.36. The van der Waals surface area contributed by atoms with Crippen LogP contribution in [0.1, 0.15) is 12.5 Å². The minimum atomic E-state index is -0.476. The second kappa shape index (κ2) is 6.57. The maximum atomic E-state index is 12.9. The highest BCUT2D eigenvalue weighted by Crippen LogP contribution is 2.18. The van der Waals surface area contributed by atoms with Crippen LogP contribution < -0.4 is 5.73 Å². The van der Waals surface area contributed by atoms with Crippen molar-refractivity contribution in [1.82, 2.24) is 0 Å². The van der Waals surface area contributed by atoms with Crippen LogP contribution in [0.2, 0.25) is 5.02 Å². The molecule has 1 atom stereocenters. The van der Waals surface area contributed by atoms with E-state index < -0.39 is 11.7 Å². The van der Waals surface area contributed by atoms with E-state index in [0.717, 1.165) is 5.56 Å². The third kappa shape index (κ3) is 3.98. The molecule has 0 saturated heterocycles. The zero-order valence-corrected chi connectivity index (χ0v) is 10.3. The van der Waals surface area contributed by atoms with Gasteiger partial charge >= 0.3 is 5.97 Å². The SMILES string of the molecule is CCOC(=O)C(CN)Cc1ccc(F)c(Cl)c1. The van der Waals surface area contributed by atoms with Gasteiger partial charge in [0.2, 0.25) is 0 Å². The maximum absolute atomic E-state index is 12.9. The van der Waals surface area contributed by atoms with Gasteiger partial charge in [-0.25, -0.2) is 4.39 Å². The van der Waals surface area contributed by atoms with Crippen molar-refractivity contribution in [3.8, 4) is 0 Å². The molecule has 17 heavy (non-hydrogen) atoms. The number of esters is 1. The predicted octanol–water partition coefficient (Wildman–Crippen LogP) is 2.16. The van der Waals surface area contributed by atoms with Crippen LogP contribution in [0.4, 0.5) is 4.39 Å². The molecule has 0 heterocycles. The van der Waals surface area contributed by atoms with Crippen molar-refractivity contribution < 1.29 is 13.9 Å². The largest absolute Gasteiger partial charge is 0.466 e. The van der Waals surface area contributed by atoms with Crippen molar-refractivity contribution in [2.24, 2.45) is 11.7 Å². The summed E-state index contributed by atoms with van der Waals surface area (Å²) in [6.45, 7) is 2.24. The standard InChI is InChI=1S/C12H15ClFNO2/c1-2-17-12(16)9(7-15)5-8-3-4-11(14)10(13)6-8/h3-4,6,9H,2,5,7,15H2,1H3. The van der Waals surface area contributed by atoms with E-state index in [1.807, 2.05) is 0 Å². The van der Waals surface area contributed by atoms with Gasteiger partial charge in [-0.15, -0.1) is 0 Å². The third-order valence-electron chi connectivity index (χ3n) is 2.37. The van der Waals surface area contributed by atoms with Crippen molar-refractivity contribution in [1.29, 1.82) is 0 Å². The highest BCUT2D eigenvalue weighted by molar-refractivity contribution is 6.30. The van der Waals surface area contributed by atoms with Crippen LogP contribution in [0.25, 0.3) is 0 Å². The lowest BCUT2D eigenvalue weighted by molar-refractivity contribution is -0.147. The lowest BCUT2D eigenvalue weighted by Gasteiger charge is -2.13. The van der Waals surface area contributed by atoms with Crippen LogP contribution in [0.3, 0.4) is 0 Å². The Labute approximate surface area is 105 Å². The second-order valence-corrected chi connectivity index (χ2v) is 4.04. The van der Waals surface area contributed by atoms with E-state index in [1.54, 1.807) is 13.0 Å². The summed E-state index contributed by atoms with van der Waals surface area (Å²) in [5.74, 6) is -1.23. The van der Waals surface area contributed by atoms with E-state index in [1.165, 1.54) is 12.1 Å². The van der Waals surface area contributed by atoms with E-state index >= 15 is 0 Å². The number of carbonyl (C=O) groups is 1. The first-order valence-electron chi connectivity index (χ1n) is 5.39. The Morgan fingerprint density at radius 1 is 1.59 bits per heavy atom. The van der Waals surface area contributed by atoms with E-state index in [2.05, 4.69) is 0 Å². The Hall–Kier alpha value is -1.13. The van der Waals surface area contributed by atoms with E-state index in [-0.39, 0.29) is 17.5 Å². The van der Waals surface area contributed by atoms with Gasteiger partial charge in [0.1, 0.15) is 5.82 Å². The first-order chi connectivity index (χ1) is 8.08. The summed E-state index contributed by atoms with van der Waals surface area (Å²) < 4.78 is 17.8. The molecule has 0 aliphatic rings. The molecule has 0 saturated carbocycles. The van der Waals surface area contributed by atoms with Crippen LogP contribution in [0, 0.1) is 11.7 Å². The lowest BCUT2D eigenvalue weighted by Crippen LogP contribution is -2.27. The minimum absolute atomic E-state index is 0.0436. The Balaban J connectivity index is 2.73. The predicted molar refractivity (Wildman–Crippen MR) is 64.3 cm³/mol. The molecular formula is C12H15ClFNO2. The van der Waals surface area contributed by atoms with Gasteiger partial charge in [-0.2, -0.15) is 0 Å². The molecule has 2 N–H and O–H groups in total. The van der Waals surface area contributed by atoms with Crippen LogP contribution >= 0.6 is 11.6 Å². The van der Waals surface area contributed by atoms with Crippen molar-refractivity contribution >= 4 is 17.6 Å². The van der Waals surface area contributed by atoms with Gasteiger partial charge in [-0.05, 0) is 31.0 Å². The number of carbonyl (C=O) groups excluding carboxylic acids is 1. The quantitative estimate of drug-likeness (QED) is 0.825. The number of hydrogen-bond acceptors (Lipinski definition) is 3. The van der Waals surface area contributed by atoms with Crippen molar-refractivity contribution in [2.75, 3.05) is 13.2 Å². The molecule has 0 aliphatic heterocycles. The maximum Gasteiger partial charge on any atom is 0.310 e. The van der Waals surface area contributed by atoms with Gasteiger partial charge < -0.3 is 10.5 Å². The van der Waals surface area contributed by atoms with Gasteiger partial charge in [0, 0.05) is 6.54 Å².